The lowest BCUT2D eigenvalue weighted by Crippen LogP contribution is -1.95. The van der Waals surface area contributed by atoms with Gasteiger partial charge in [0.15, 0.2) is 0 Å². The highest BCUT2D eigenvalue weighted by atomic mass is 32.1. The minimum atomic E-state index is 0.850. The smallest absolute Gasteiger partial charge is 0.143 e. The molecular weight excluding hydrogens is 326 g/mol. The quantitative estimate of drug-likeness (QED) is 0.493. The summed E-state index contributed by atoms with van der Waals surface area (Å²) in [6.45, 7) is 6.37. The standard InChI is InChI=1S/C21H19N3S/c1-13-4-8-17(9-5-13)24-20-19-18(11-25-21(19)23-12-22-20)16-7-6-14(2)15(3)10-16/h4-12H,1-3H3,(H,22,23,24). The van der Waals surface area contributed by atoms with E-state index in [0.717, 1.165) is 21.7 Å². The first-order valence-electron chi connectivity index (χ1n) is 8.25. The lowest BCUT2D eigenvalue weighted by atomic mass is 10.0. The molecule has 0 aliphatic rings. The number of nitrogens with zero attached hydrogens (tertiary/aromatic N) is 2. The van der Waals surface area contributed by atoms with Crippen molar-refractivity contribution in [2.45, 2.75) is 20.8 Å². The number of anilines is 2. The second-order valence-electron chi connectivity index (χ2n) is 6.34. The van der Waals surface area contributed by atoms with Crippen molar-refractivity contribution in [2.24, 2.45) is 0 Å². The van der Waals surface area contributed by atoms with Gasteiger partial charge in [-0.3, -0.25) is 0 Å². The van der Waals surface area contributed by atoms with Crippen LogP contribution in [0.5, 0.6) is 0 Å². The highest BCUT2D eigenvalue weighted by Gasteiger charge is 2.13. The summed E-state index contributed by atoms with van der Waals surface area (Å²) in [6, 6.07) is 14.9. The van der Waals surface area contributed by atoms with Crippen molar-refractivity contribution in [3.05, 3.63) is 70.9 Å². The number of rotatable bonds is 3. The fourth-order valence-electron chi connectivity index (χ4n) is 2.86. The number of aryl methyl sites for hydroxylation is 3. The minimum absolute atomic E-state index is 0.850. The molecule has 2 heterocycles. The molecule has 3 nitrogen and oxygen atoms in total. The summed E-state index contributed by atoms with van der Waals surface area (Å²) in [6.07, 6.45) is 1.62. The molecule has 0 amide bonds. The zero-order valence-corrected chi connectivity index (χ0v) is 15.3. The third-order valence-electron chi connectivity index (χ3n) is 4.50. The molecule has 4 aromatic rings. The Morgan fingerprint density at radius 2 is 1.68 bits per heavy atom. The molecule has 2 aromatic carbocycles. The summed E-state index contributed by atoms with van der Waals surface area (Å²) in [5, 5.41) is 6.70. The van der Waals surface area contributed by atoms with Crippen LogP contribution >= 0.6 is 11.3 Å². The largest absolute Gasteiger partial charge is 0.340 e. The van der Waals surface area contributed by atoms with Gasteiger partial charge in [-0.2, -0.15) is 0 Å². The molecule has 0 aliphatic carbocycles. The van der Waals surface area contributed by atoms with E-state index in [1.807, 2.05) is 0 Å². The summed E-state index contributed by atoms with van der Waals surface area (Å²) in [5.74, 6) is 0.850. The number of hydrogen-bond donors (Lipinski definition) is 1. The predicted octanol–water partition coefficient (Wildman–Crippen LogP) is 6.03. The van der Waals surface area contributed by atoms with Gasteiger partial charge in [0.05, 0.1) is 5.39 Å². The highest BCUT2D eigenvalue weighted by molar-refractivity contribution is 7.17. The van der Waals surface area contributed by atoms with Crippen molar-refractivity contribution < 1.29 is 0 Å². The normalized spacial score (nSPS) is 11.0. The Hall–Kier alpha value is -2.72. The Kier molecular flexibility index (Phi) is 3.98. The maximum atomic E-state index is 4.51. The van der Waals surface area contributed by atoms with Crippen LogP contribution < -0.4 is 5.32 Å². The first kappa shape index (κ1) is 15.8. The lowest BCUT2D eigenvalue weighted by Gasteiger charge is -2.09. The van der Waals surface area contributed by atoms with E-state index < -0.39 is 0 Å². The van der Waals surface area contributed by atoms with Gasteiger partial charge in [0, 0.05) is 16.6 Å². The number of nitrogens with one attached hydrogen (secondary N) is 1. The molecule has 0 fully saturated rings. The summed E-state index contributed by atoms with van der Waals surface area (Å²) in [5.41, 5.74) is 7.25. The Balaban J connectivity index is 1.83. The molecule has 0 bridgehead atoms. The van der Waals surface area contributed by atoms with E-state index in [1.54, 1.807) is 17.7 Å². The van der Waals surface area contributed by atoms with Crippen molar-refractivity contribution in [3.63, 3.8) is 0 Å². The van der Waals surface area contributed by atoms with E-state index in [9.17, 15) is 0 Å². The van der Waals surface area contributed by atoms with E-state index in [0.29, 0.717) is 0 Å². The summed E-state index contributed by atoms with van der Waals surface area (Å²) in [4.78, 5) is 9.96. The van der Waals surface area contributed by atoms with Crippen molar-refractivity contribution in [1.29, 1.82) is 0 Å². The van der Waals surface area contributed by atoms with Gasteiger partial charge in [0.2, 0.25) is 0 Å². The molecule has 0 radical (unpaired) electrons. The average molecular weight is 345 g/mol. The van der Waals surface area contributed by atoms with Crippen LogP contribution in [0.4, 0.5) is 11.5 Å². The number of fused-ring (bicyclic) bond motifs is 1. The maximum Gasteiger partial charge on any atom is 0.143 e. The molecule has 25 heavy (non-hydrogen) atoms. The van der Waals surface area contributed by atoms with Crippen molar-refractivity contribution >= 4 is 33.1 Å². The van der Waals surface area contributed by atoms with E-state index in [1.165, 1.54) is 27.8 Å². The zero-order chi connectivity index (χ0) is 17.4. The molecule has 2 aromatic heterocycles. The second kappa shape index (κ2) is 6.30. The van der Waals surface area contributed by atoms with Gasteiger partial charge in [-0.05, 0) is 49.6 Å². The van der Waals surface area contributed by atoms with Crippen molar-refractivity contribution in [3.8, 4) is 11.1 Å². The fraction of sp³-hybridized carbons (Fsp3) is 0.143. The van der Waals surface area contributed by atoms with Crippen LogP contribution in [0.25, 0.3) is 21.3 Å². The van der Waals surface area contributed by atoms with Gasteiger partial charge in [-0.15, -0.1) is 11.3 Å². The van der Waals surface area contributed by atoms with Crippen LogP contribution in [0.1, 0.15) is 16.7 Å². The van der Waals surface area contributed by atoms with Gasteiger partial charge in [-0.25, -0.2) is 9.97 Å². The molecule has 0 saturated heterocycles. The van der Waals surface area contributed by atoms with Crippen molar-refractivity contribution in [2.75, 3.05) is 5.32 Å². The van der Waals surface area contributed by atoms with Gasteiger partial charge in [0.1, 0.15) is 17.0 Å². The number of aromatic nitrogens is 2. The zero-order valence-electron chi connectivity index (χ0n) is 14.5. The Labute approximate surface area is 151 Å². The van der Waals surface area contributed by atoms with E-state index in [-0.39, 0.29) is 0 Å². The molecule has 4 heteroatoms. The Morgan fingerprint density at radius 3 is 2.44 bits per heavy atom. The van der Waals surface area contributed by atoms with E-state index >= 15 is 0 Å². The Bertz CT molecular complexity index is 1050. The molecule has 0 unspecified atom stereocenters. The second-order valence-corrected chi connectivity index (χ2v) is 7.20. The fourth-order valence-corrected chi connectivity index (χ4v) is 3.78. The molecule has 124 valence electrons. The summed E-state index contributed by atoms with van der Waals surface area (Å²) < 4.78 is 0. The van der Waals surface area contributed by atoms with Gasteiger partial charge in [-0.1, -0.05) is 35.9 Å². The molecule has 1 N–H and O–H groups in total. The van der Waals surface area contributed by atoms with Crippen LogP contribution in [-0.2, 0) is 0 Å². The number of benzene rings is 2. The van der Waals surface area contributed by atoms with Gasteiger partial charge in [0.25, 0.3) is 0 Å². The molecule has 0 atom stereocenters. The van der Waals surface area contributed by atoms with Crippen LogP contribution in [0, 0.1) is 20.8 Å². The topological polar surface area (TPSA) is 37.8 Å². The van der Waals surface area contributed by atoms with Crippen LogP contribution in [-0.4, -0.2) is 9.97 Å². The predicted molar refractivity (Wildman–Crippen MR) is 107 cm³/mol. The molecule has 0 spiro atoms. The number of hydrogen-bond acceptors (Lipinski definition) is 4. The summed E-state index contributed by atoms with van der Waals surface area (Å²) >= 11 is 1.65. The maximum absolute atomic E-state index is 4.51. The third-order valence-corrected chi connectivity index (χ3v) is 5.39. The molecule has 4 rings (SSSR count). The van der Waals surface area contributed by atoms with Gasteiger partial charge >= 0.3 is 0 Å². The van der Waals surface area contributed by atoms with Crippen molar-refractivity contribution in [1.82, 2.24) is 9.97 Å². The van der Waals surface area contributed by atoms with Crippen LogP contribution in [0.2, 0.25) is 0 Å². The minimum Gasteiger partial charge on any atom is -0.340 e. The van der Waals surface area contributed by atoms with E-state index in [2.05, 4.69) is 83.9 Å². The Morgan fingerprint density at radius 1 is 0.880 bits per heavy atom. The van der Waals surface area contributed by atoms with E-state index in [4.69, 9.17) is 0 Å². The molecule has 0 saturated carbocycles. The highest BCUT2D eigenvalue weighted by Crippen LogP contribution is 2.37. The summed E-state index contributed by atoms with van der Waals surface area (Å²) in [7, 11) is 0. The first-order chi connectivity index (χ1) is 12.1. The van der Waals surface area contributed by atoms with Gasteiger partial charge < -0.3 is 5.32 Å². The average Bonchev–Trinajstić information content (AvgIpc) is 3.04. The number of thiophene rings is 1. The SMILES string of the molecule is Cc1ccc(Nc2ncnc3scc(-c4ccc(C)c(C)c4)c23)cc1. The molecular formula is C21H19N3S. The third kappa shape index (κ3) is 3.01. The molecule has 0 aliphatic heterocycles. The van der Waals surface area contributed by atoms with Crippen LogP contribution in [0.15, 0.2) is 54.2 Å². The monoisotopic (exact) mass is 345 g/mol. The lowest BCUT2D eigenvalue weighted by molar-refractivity contribution is 1.23. The van der Waals surface area contributed by atoms with Crippen LogP contribution in [0.3, 0.4) is 0 Å². The first-order valence-corrected chi connectivity index (χ1v) is 9.13.